The second kappa shape index (κ2) is 6.16. The van der Waals surface area contributed by atoms with Gasteiger partial charge in [-0.1, -0.05) is 30.3 Å². The second-order valence-electron chi connectivity index (χ2n) is 6.45. The molecule has 0 saturated carbocycles. The maximum atomic E-state index is 11.5. The van der Waals surface area contributed by atoms with Crippen molar-refractivity contribution in [2.45, 2.75) is 6.54 Å². The maximum Gasteiger partial charge on any atom is 0.152 e. The minimum atomic E-state index is -2.83. The molecule has 1 aliphatic heterocycles. The molecule has 0 aliphatic carbocycles. The van der Waals surface area contributed by atoms with E-state index in [1.807, 2.05) is 18.3 Å². The average molecular weight is 356 g/mol. The number of benzene rings is 1. The quantitative estimate of drug-likeness (QED) is 0.774. The molecule has 3 aromatic rings. The molecule has 2 aromatic heterocycles. The first-order valence-corrected chi connectivity index (χ1v) is 10.1. The Morgan fingerprint density at radius 1 is 1.08 bits per heavy atom. The first-order chi connectivity index (χ1) is 12.0. The van der Waals surface area contributed by atoms with Crippen LogP contribution in [0.25, 0.3) is 16.6 Å². The van der Waals surface area contributed by atoms with E-state index in [2.05, 4.69) is 40.3 Å². The number of rotatable bonds is 3. The molecule has 1 aromatic carbocycles. The molecule has 1 aliphatic rings. The molecule has 0 spiro atoms. The highest BCUT2D eigenvalue weighted by atomic mass is 32.2. The van der Waals surface area contributed by atoms with Gasteiger partial charge in [0.05, 0.1) is 17.0 Å². The topological polar surface area (TPSA) is 80.7 Å². The maximum absolute atomic E-state index is 11.5. The number of hydrogen-bond donors (Lipinski definition) is 1. The van der Waals surface area contributed by atoms with Crippen LogP contribution in [-0.4, -0.2) is 47.5 Å². The summed E-state index contributed by atoms with van der Waals surface area (Å²) in [5.41, 5.74) is 10.2. The van der Waals surface area contributed by atoms with Crippen molar-refractivity contribution >= 4 is 21.2 Å². The zero-order valence-electron chi connectivity index (χ0n) is 13.8. The summed E-state index contributed by atoms with van der Waals surface area (Å²) in [6, 6.07) is 14.3. The number of anilines is 1. The van der Waals surface area contributed by atoms with Crippen LogP contribution in [-0.2, 0) is 16.4 Å². The molecule has 6 nitrogen and oxygen atoms in total. The molecule has 0 unspecified atom stereocenters. The highest BCUT2D eigenvalue weighted by molar-refractivity contribution is 7.91. The van der Waals surface area contributed by atoms with Crippen LogP contribution in [0.2, 0.25) is 0 Å². The van der Waals surface area contributed by atoms with Crippen LogP contribution in [0.4, 0.5) is 5.82 Å². The molecule has 7 heteroatoms. The van der Waals surface area contributed by atoms with Crippen LogP contribution < -0.4 is 5.73 Å². The normalized spacial score (nSPS) is 17.8. The van der Waals surface area contributed by atoms with Gasteiger partial charge in [-0.05, 0) is 17.2 Å². The van der Waals surface area contributed by atoms with Gasteiger partial charge >= 0.3 is 0 Å². The summed E-state index contributed by atoms with van der Waals surface area (Å²) >= 11 is 0. The second-order valence-corrected chi connectivity index (χ2v) is 8.75. The molecule has 2 N–H and O–H groups in total. The van der Waals surface area contributed by atoms with Crippen molar-refractivity contribution in [1.82, 2.24) is 14.5 Å². The third-order valence-electron chi connectivity index (χ3n) is 4.63. The van der Waals surface area contributed by atoms with Gasteiger partial charge in [0, 0.05) is 37.5 Å². The lowest BCUT2D eigenvalue weighted by Crippen LogP contribution is -2.39. The lowest BCUT2D eigenvalue weighted by Gasteiger charge is -2.26. The Bertz CT molecular complexity index is 995. The van der Waals surface area contributed by atoms with Crippen LogP contribution in [0.1, 0.15) is 5.56 Å². The summed E-state index contributed by atoms with van der Waals surface area (Å²) in [6.45, 7) is 2.00. The molecule has 0 amide bonds. The smallest absolute Gasteiger partial charge is 0.152 e. The van der Waals surface area contributed by atoms with Crippen LogP contribution in [0.5, 0.6) is 0 Å². The van der Waals surface area contributed by atoms with Gasteiger partial charge in [-0.3, -0.25) is 4.90 Å². The Morgan fingerprint density at radius 2 is 1.80 bits per heavy atom. The largest absolute Gasteiger partial charge is 0.382 e. The van der Waals surface area contributed by atoms with Crippen molar-refractivity contribution in [3.63, 3.8) is 0 Å². The number of nitrogen functional groups attached to an aromatic ring is 1. The Morgan fingerprint density at radius 3 is 2.52 bits per heavy atom. The van der Waals surface area contributed by atoms with Crippen molar-refractivity contribution in [1.29, 1.82) is 0 Å². The van der Waals surface area contributed by atoms with Crippen LogP contribution in [0.15, 0.2) is 48.7 Å². The third-order valence-corrected chi connectivity index (χ3v) is 6.24. The summed E-state index contributed by atoms with van der Waals surface area (Å²) in [5.74, 6) is 1.02. The van der Waals surface area contributed by atoms with Gasteiger partial charge in [0.25, 0.3) is 0 Å². The first kappa shape index (κ1) is 16.1. The summed E-state index contributed by atoms with van der Waals surface area (Å²) in [4.78, 5) is 2.19. The molecule has 130 valence electrons. The monoisotopic (exact) mass is 356 g/mol. The van der Waals surface area contributed by atoms with Gasteiger partial charge in [0.1, 0.15) is 5.82 Å². The number of aromatic nitrogens is 2. The Balaban J connectivity index is 1.54. The van der Waals surface area contributed by atoms with Crippen LogP contribution in [0, 0.1) is 0 Å². The summed E-state index contributed by atoms with van der Waals surface area (Å²) in [7, 11) is -2.83. The Hall–Kier alpha value is -2.38. The van der Waals surface area contributed by atoms with Gasteiger partial charge in [0.2, 0.25) is 0 Å². The summed E-state index contributed by atoms with van der Waals surface area (Å²) in [5, 5.41) is 4.24. The lowest BCUT2D eigenvalue weighted by molar-refractivity contribution is 0.287. The zero-order valence-corrected chi connectivity index (χ0v) is 14.6. The van der Waals surface area contributed by atoms with Gasteiger partial charge in [0.15, 0.2) is 9.84 Å². The fraction of sp³-hybridized carbons (Fsp3) is 0.278. The molecule has 0 radical (unpaired) electrons. The van der Waals surface area contributed by atoms with E-state index in [1.165, 1.54) is 5.56 Å². The lowest BCUT2D eigenvalue weighted by atomic mass is 10.0. The van der Waals surface area contributed by atoms with Crippen molar-refractivity contribution in [3.8, 4) is 11.1 Å². The van der Waals surface area contributed by atoms with Gasteiger partial charge in [-0.25, -0.2) is 12.9 Å². The number of nitrogens with two attached hydrogens (primary N) is 1. The van der Waals surface area contributed by atoms with E-state index >= 15 is 0 Å². The predicted octanol–water partition coefficient (Wildman–Crippen LogP) is 1.81. The minimum absolute atomic E-state index is 0.260. The van der Waals surface area contributed by atoms with Crippen molar-refractivity contribution in [2.75, 3.05) is 30.3 Å². The standard InChI is InChI=1S/C18H20N4O2S/c19-18-12-17-16(2-1-7-22(17)20-18)15-5-3-14(4-6-15)13-21-8-10-25(23,24)11-9-21/h1-7,12H,8-11,13H2,(H2,19,20). The zero-order chi connectivity index (χ0) is 17.4. The van der Waals surface area contributed by atoms with E-state index in [4.69, 9.17) is 5.73 Å². The van der Waals surface area contributed by atoms with Crippen molar-refractivity contribution in [2.24, 2.45) is 0 Å². The van der Waals surface area contributed by atoms with Crippen molar-refractivity contribution in [3.05, 3.63) is 54.2 Å². The average Bonchev–Trinajstić information content (AvgIpc) is 2.98. The molecule has 3 heterocycles. The van der Waals surface area contributed by atoms with Gasteiger partial charge < -0.3 is 5.73 Å². The van der Waals surface area contributed by atoms with Crippen molar-refractivity contribution < 1.29 is 8.42 Å². The van der Waals surface area contributed by atoms with E-state index in [-0.39, 0.29) is 11.5 Å². The molecule has 25 heavy (non-hydrogen) atoms. The van der Waals surface area contributed by atoms with Crippen LogP contribution >= 0.6 is 0 Å². The number of nitrogens with zero attached hydrogens (tertiary/aromatic N) is 3. The molecular formula is C18H20N4O2S. The molecular weight excluding hydrogens is 336 g/mol. The summed E-state index contributed by atoms with van der Waals surface area (Å²) in [6.07, 6.45) is 1.88. The molecule has 0 atom stereocenters. The van der Waals surface area contributed by atoms with E-state index in [9.17, 15) is 8.42 Å². The summed E-state index contributed by atoms with van der Waals surface area (Å²) < 4.78 is 24.8. The first-order valence-electron chi connectivity index (χ1n) is 8.26. The third kappa shape index (κ3) is 3.38. The predicted molar refractivity (Wildman–Crippen MR) is 99.0 cm³/mol. The highest BCUT2D eigenvalue weighted by Gasteiger charge is 2.21. The molecule has 0 bridgehead atoms. The molecule has 1 saturated heterocycles. The number of fused-ring (bicyclic) bond motifs is 1. The van der Waals surface area contributed by atoms with Gasteiger partial charge in [-0.2, -0.15) is 5.10 Å². The van der Waals surface area contributed by atoms with E-state index in [1.54, 1.807) is 4.52 Å². The fourth-order valence-corrected chi connectivity index (χ4v) is 4.51. The van der Waals surface area contributed by atoms with Crippen LogP contribution in [0.3, 0.4) is 0 Å². The van der Waals surface area contributed by atoms with E-state index in [0.717, 1.165) is 23.2 Å². The number of pyridine rings is 1. The minimum Gasteiger partial charge on any atom is -0.382 e. The van der Waals surface area contributed by atoms with E-state index in [0.29, 0.717) is 18.9 Å². The SMILES string of the molecule is Nc1cc2c(-c3ccc(CN4CCS(=O)(=O)CC4)cc3)cccn2n1. The number of hydrogen-bond acceptors (Lipinski definition) is 5. The highest BCUT2D eigenvalue weighted by Crippen LogP contribution is 2.26. The number of sulfone groups is 1. The fourth-order valence-electron chi connectivity index (χ4n) is 3.23. The Labute approximate surface area is 146 Å². The van der Waals surface area contributed by atoms with E-state index < -0.39 is 9.84 Å². The molecule has 1 fully saturated rings. The molecule has 4 rings (SSSR count). The van der Waals surface area contributed by atoms with Gasteiger partial charge in [-0.15, -0.1) is 0 Å². The Kier molecular flexibility index (Phi) is 3.97.